The van der Waals surface area contributed by atoms with E-state index in [1.807, 2.05) is 48.5 Å². The Hall–Kier alpha value is -3.21. The van der Waals surface area contributed by atoms with Crippen molar-refractivity contribution < 1.29 is 19.0 Å². The zero-order valence-corrected chi connectivity index (χ0v) is 20.1. The molecule has 1 atom stereocenters. The maximum absolute atomic E-state index is 13.0. The highest BCUT2D eigenvalue weighted by molar-refractivity contribution is 7.71. The standard InChI is InChI=1S/C24H29N5O4S/c1-31-19-7-3-17(4-8-19)21(28-11-13-33-14-12-28)15-25-22(30)16-29-23(26-27-24(29)34)18-5-9-20(32-2)10-6-18/h3-10,21H,11-16H2,1-2H3,(H,25,30)(H,27,34)/t21-/m1/s1. The molecule has 1 aliphatic heterocycles. The van der Waals surface area contributed by atoms with E-state index in [2.05, 4.69) is 20.4 Å². The SMILES string of the molecule is COc1ccc(-c2n[nH]c(=S)n2CC(=O)NC[C@H](c2ccc(OC)cc2)N2CCOCC2)cc1. The summed E-state index contributed by atoms with van der Waals surface area (Å²) in [6, 6.07) is 15.5. The molecule has 1 aliphatic rings. The van der Waals surface area contributed by atoms with Gasteiger partial charge in [-0.3, -0.25) is 19.4 Å². The van der Waals surface area contributed by atoms with E-state index in [0.717, 1.165) is 35.7 Å². The molecule has 0 spiro atoms. The molecule has 2 heterocycles. The lowest BCUT2D eigenvalue weighted by atomic mass is 10.0. The second kappa shape index (κ2) is 11.3. The number of nitrogens with one attached hydrogen (secondary N) is 2. The number of carbonyl (C=O) groups is 1. The summed E-state index contributed by atoms with van der Waals surface area (Å²) in [5.41, 5.74) is 1.95. The van der Waals surface area contributed by atoms with E-state index in [1.165, 1.54) is 0 Å². The smallest absolute Gasteiger partial charge is 0.240 e. The van der Waals surface area contributed by atoms with Crippen LogP contribution in [0.1, 0.15) is 11.6 Å². The van der Waals surface area contributed by atoms with Gasteiger partial charge in [-0.2, -0.15) is 5.10 Å². The van der Waals surface area contributed by atoms with E-state index in [4.69, 9.17) is 26.4 Å². The lowest BCUT2D eigenvalue weighted by Crippen LogP contribution is -2.44. The summed E-state index contributed by atoms with van der Waals surface area (Å²) in [6.07, 6.45) is 0. The fourth-order valence-corrected chi connectivity index (χ4v) is 4.20. The Balaban J connectivity index is 1.47. The predicted molar refractivity (Wildman–Crippen MR) is 131 cm³/mol. The lowest BCUT2D eigenvalue weighted by Gasteiger charge is -2.35. The van der Waals surface area contributed by atoms with Gasteiger partial charge in [0.1, 0.15) is 18.0 Å². The molecule has 1 aromatic heterocycles. The van der Waals surface area contributed by atoms with Crippen molar-refractivity contribution in [2.24, 2.45) is 0 Å². The number of ether oxygens (including phenoxy) is 3. The van der Waals surface area contributed by atoms with Crippen molar-refractivity contribution >= 4 is 18.1 Å². The number of benzene rings is 2. The monoisotopic (exact) mass is 483 g/mol. The predicted octanol–water partition coefficient (Wildman–Crippen LogP) is 2.81. The number of hydrogen-bond acceptors (Lipinski definition) is 7. The van der Waals surface area contributed by atoms with Gasteiger partial charge in [-0.05, 0) is 54.2 Å². The van der Waals surface area contributed by atoms with Gasteiger partial charge in [0, 0.05) is 25.2 Å². The third-order valence-corrected chi connectivity index (χ3v) is 6.20. The summed E-state index contributed by atoms with van der Waals surface area (Å²) in [5, 5.41) is 10.2. The summed E-state index contributed by atoms with van der Waals surface area (Å²) in [4.78, 5) is 15.3. The molecular weight excluding hydrogens is 454 g/mol. The van der Waals surface area contributed by atoms with Crippen LogP contribution in [0.5, 0.6) is 11.5 Å². The number of hydrogen-bond donors (Lipinski definition) is 2. The highest BCUT2D eigenvalue weighted by Gasteiger charge is 2.23. The van der Waals surface area contributed by atoms with E-state index in [0.29, 0.717) is 30.4 Å². The van der Waals surface area contributed by atoms with Gasteiger partial charge in [0.2, 0.25) is 5.91 Å². The van der Waals surface area contributed by atoms with Crippen LogP contribution in [0, 0.1) is 4.77 Å². The van der Waals surface area contributed by atoms with Crippen molar-refractivity contribution in [3.8, 4) is 22.9 Å². The van der Waals surface area contributed by atoms with Crippen LogP contribution in [0.2, 0.25) is 0 Å². The largest absolute Gasteiger partial charge is 0.497 e. The highest BCUT2D eigenvalue weighted by atomic mass is 32.1. The van der Waals surface area contributed by atoms with Gasteiger partial charge in [0.15, 0.2) is 10.6 Å². The number of methoxy groups -OCH3 is 2. The third kappa shape index (κ3) is 5.64. The van der Waals surface area contributed by atoms with Crippen LogP contribution in [-0.2, 0) is 16.1 Å². The minimum atomic E-state index is -0.140. The maximum Gasteiger partial charge on any atom is 0.240 e. The first-order valence-electron chi connectivity index (χ1n) is 11.1. The quantitative estimate of drug-likeness (QED) is 0.452. The Bertz CT molecular complexity index is 1140. The lowest BCUT2D eigenvalue weighted by molar-refractivity contribution is -0.122. The fourth-order valence-electron chi connectivity index (χ4n) is 4.01. The van der Waals surface area contributed by atoms with Crippen LogP contribution in [0.3, 0.4) is 0 Å². The van der Waals surface area contributed by atoms with Gasteiger partial charge in [0.25, 0.3) is 0 Å². The van der Waals surface area contributed by atoms with Crippen molar-refractivity contribution in [3.63, 3.8) is 0 Å². The minimum Gasteiger partial charge on any atom is -0.497 e. The van der Waals surface area contributed by atoms with Gasteiger partial charge in [-0.1, -0.05) is 12.1 Å². The van der Waals surface area contributed by atoms with Crippen LogP contribution in [0.25, 0.3) is 11.4 Å². The topological polar surface area (TPSA) is 93.6 Å². The molecule has 180 valence electrons. The summed E-state index contributed by atoms with van der Waals surface area (Å²) in [7, 11) is 3.27. The number of carbonyl (C=O) groups excluding carboxylic acids is 1. The average Bonchev–Trinajstić information content (AvgIpc) is 3.25. The average molecular weight is 484 g/mol. The summed E-state index contributed by atoms with van der Waals surface area (Å²) in [6.45, 7) is 3.50. The molecule has 9 nitrogen and oxygen atoms in total. The van der Waals surface area contributed by atoms with Crippen LogP contribution in [0.4, 0.5) is 0 Å². The van der Waals surface area contributed by atoms with Gasteiger partial charge >= 0.3 is 0 Å². The van der Waals surface area contributed by atoms with Crippen molar-refractivity contribution in [2.45, 2.75) is 12.6 Å². The third-order valence-electron chi connectivity index (χ3n) is 5.89. The second-order valence-corrected chi connectivity index (χ2v) is 8.30. The highest BCUT2D eigenvalue weighted by Crippen LogP contribution is 2.24. The zero-order chi connectivity index (χ0) is 23.9. The van der Waals surface area contributed by atoms with Gasteiger partial charge in [0.05, 0.1) is 33.5 Å². The molecule has 1 saturated heterocycles. The number of amides is 1. The molecule has 2 aromatic carbocycles. The first kappa shape index (κ1) is 23.9. The molecule has 1 fully saturated rings. The Morgan fingerprint density at radius 1 is 1.09 bits per heavy atom. The molecule has 0 unspecified atom stereocenters. The normalized spacial score (nSPS) is 15.0. The second-order valence-electron chi connectivity index (χ2n) is 7.91. The Labute approximate surface area is 203 Å². The van der Waals surface area contributed by atoms with Crippen molar-refractivity contribution in [3.05, 3.63) is 58.9 Å². The first-order valence-corrected chi connectivity index (χ1v) is 11.5. The molecule has 1 amide bonds. The molecule has 0 bridgehead atoms. The van der Waals surface area contributed by atoms with E-state index in [9.17, 15) is 4.79 Å². The molecule has 34 heavy (non-hydrogen) atoms. The number of morpholine rings is 1. The van der Waals surface area contributed by atoms with Crippen LogP contribution in [0.15, 0.2) is 48.5 Å². The molecule has 2 N–H and O–H groups in total. The zero-order valence-electron chi connectivity index (χ0n) is 19.3. The fraction of sp³-hybridized carbons (Fsp3) is 0.375. The Kier molecular flexibility index (Phi) is 7.94. The number of nitrogens with zero attached hydrogens (tertiary/aromatic N) is 3. The van der Waals surface area contributed by atoms with Gasteiger partial charge in [-0.25, -0.2) is 0 Å². The van der Waals surface area contributed by atoms with Crippen LogP contribution < -0.4 is 14.8 Å². The molecule has 3 aromatic rings. The van der Waals surface area contributed by atoms with Crippen molar-refractivity contribution in [1.82, 2.24) is 25.0 Å². The van der Waals surface area contributed by atoms with Crippen molar-refractivity contribution in [1.29, 1.82) is 0 Å². The molecule has 0 radical (unpaired) electrons. The van der Waals surface area contributed by atoms with Crippen LogP contribution >= 0.6 is 12.2 Å². The Morgan fingerprint density at radius 2 is 1.71 bits per heavy atom. The summed E-state index contributed by atoms with van der Waals surface area (Å²) >= 11 is 5.38. The van der Waals surface area contributed by atoms with Crippen molar-refractivity contribution in [2.75, 3.05) is 47.1 Å². The number of H-pyrrole nitrogens is 1. The molecular formula is C24H29N5O4S. The minimum absolute atomic E-state index is 0.0251. The van der Waals surface area contributed by atoms with E-state index >= 15 is 0 Å². The first-order chi connectivity index (χ1) is 16.6. The molecule has 10 heteroatoms. The number of aromatic nitrogens is 3. The number of aromatic amines is 1. The van der Waals surface area contributed by atoms with E-state index in [-0.39, 0.29) is 18.5 Å². The molecule has 0 saturated carbocycles. The molecule has 4 rings (SSSR count). The maximum atomic E-state index is 13.0. The van der Waals surface area contributed by atoms with E-state index in [1.54, 1.807) is 18.8 Å². The van der Waals surface area contributed by atoms with Gasteiger partial charge in [-0.15, -0.1) is 0 Å². The molecule has 0 aliphatic carbocycles. The summed E-state index contributed by atoms with van der Waals surface area (Å²) < 4.78 is 18.1. The Morgan fingerprint density at radius 3 is 2.32 bits per heavy atom. The summed E-state index contributed by atoms with van der Waals surface area (Å²) in [5.74, 6) is 2.01. The van der Waals surface area contributed by atoms with Gasteiger partial charge < -0.3 is 19.5 Å². The van der Waals surface area contributed by atoms with Crippen LogP contribution in [-0.4, -0.2) is 72.6 Å². The van der Waals surface area contributed by atoms with E-state index < -0.39 is 0 Å². The number of rotatable bonds is 9.